The Morgan fingerprint density at radius 2 is 1.68 bits per heavy atom. The van der Waals surface area contributed by atoms with Crippen molar-refractivity contribution in [2.24, 2.45) is 5.14 Å². The lowest BCUT2D eigenvalue weighted by Gasteiger charge is -2.09. The number of carbonyl (C=O) groups is 1. The Balaban J connectivity index is 1.80. The molecule has 25 heavy (non-hydrogen) atoms. The second-order valence-corrected chi connectivity index (χ2v) is 7.54. The molecule has 0 aromatic heterocycles. The van der Waals surface area contributed by atoms with E-state index in [0.29, 0.717) is 11.7 Å². The van der Waals surface area contributed by atoms with Crippen LogP contribution in [0, 0.1) is 0 Å². The third-order valence-electron chi connectivity index (χ3n) is 3.66. The van der Waals surface area contributed by atoms with Gasteiger partial charge in [-0.15, -0.1) is 0 Å². The highest BCUT2D eigenvalue weighted by Gasteiger charge is 2.08. The molecule has 0 bridgehead atoms. The number of benzene rings is 2. The molecule has 2 rings (SSSR count). The molecule has 134 valence electrons. The fourth-order valence-corrected chi connectivity index (χ4v) is 2.66. The maximum atomic E-state index is 11.8. The summed E-state index contributed by atoms with van der Waals surface area (Å²) in [5, 5.41) is 7.75. The molecular formula is C18H22N2O4S. The number of hydrogen-bond donors (Lipinski definition) is 2. The highest BCUT2D eigenvalue weighted by atomic mass is 32.2. The first-order chi connectivity index (χ1) is 11.8. The topological polar surface area (TPSA) is 98.5 Å². The van der Waals surface area contributed by atoms with Crippen LogP contribution in [-0.4, -0.2) is 20.9 Å². The standard InChI is InChI=1S/C18H22N2O4S/c1-13(2)15-5-7-16(8-6-15)24-12-18(21)20-11-14-3-9-17(10-4-14)25(19,22)23/h3-10,13H,11-12H2,1-2H3,(H,20,21)(H2,19,22,23). The third-order valence-corrected chi connectivity index (χ3v) is 4.59. The van der Waals surface area contributed by atoms with Gasteiger partial charge in [0.2, 0.25) is 10.0 Å². The van der Waals surface area contributed by atoms with Crippen molar-refractivity contribution in [3.05, 3.63) is 59.7 Å². The number of primary sulfonamides is 1. The van der Waals surface area contributed by atoms with Crippen molar-refractivity contribution in [3.8, 4) is 5.75 Å². The van der Waals surface area contributed by atoms with Gasteiger partial charge >= 0.3 is 0 Å². The molecule has 0 saturated heterocycles. The number of amides is 1. The Kier molecular flexibility index (Phi) is 6.17. The van der Waals surface area contributed by atoms with E-state index in [0.717, 1.165) is 5.56 Å². The normalized spacial score (nSPS) is 11.4. The van der Waals surface area contributed by atoms with E-state index in [9.17, 15) is 13.2 Å². The highest BCUT2D eigenvalue weighted by Crippen LogP contribution is 2.18. The number of nitrogens with one attached hydrogen (secondary N) is 1. The van der Waals surface area contributed by atoms with Gasteiger partial charge in [0.25, 0.3) is 5.91 Å². The first-order valence-corrected chi connectivity index (χ1v) is 9.41. The predicted octanol–water partition coefficient (Wildman–Crippen LogP) is 2.15. The third kappa shape index (κ3) is 5.88. The molecular weight excluding hydrogens is 340 g/mol. The molecule has 0 aliphatic heterocycles. The first kappa shape index (κ1) is 19.0. The average molecular weight is 362 g/mol. The minimum absolute atomic E-state index is 0.0377. The van der Waals surface area contributed by atoms with E-state index < -0.39 is 10.0 Å². The van der Waals surface area contributed by atoms with E-state index >= 15 is 0 Å². The number of ether oxygens (including phenoxy) is 1. The van der Waals surface area contributed by atoms with Gasteiger partial charge in [-0.05, 0) is 41.3 Å². The maximum absolute atomic E-state index is 11.8. The van der Waals surface area contributed by atoms with Gasteiger partial charge in [0.1, 0.15) is 5.75 Å². The molecule has 0 unspecified atom stereocenters. The molecule has 0 radical (unpaired) electrons. The Hall–Kier alpha value is -2.38. The molecule has 6 nitrogen and oxygen atoms in total. The molecule has 0 aliphatic rings. The van der Waals surface area contributed by atoms with Crippen LogP contribution < -0.4 is 15.2 Å². The summed E-state index contributed by atoms with van der Waals surface area (Å²) < 4.78 is 27.8. The largest absolute Gasteiger partial charge is 0.484 e. The zero-order valence-electron chi connectivity index (χ0n) is 14.2. The van der Waals surface area contributed by atoms with Crippen LogP contribution in [0.1, 0.15) is 30.9 Å². The molecule has 0 saturated carbocycles. The average Bonchev–Trinajstić information content (AvgIpc) is 2.58. The molecule has 0 heterocycles. The SMILES string of the molecule is CC(C)c1ccc(OCC(=O)NCc2ccc(S(N)(=O)=O)cc2)cc1. The Morgan fingerprint density at radius 3 is 2.20 bits per heavy atom. The molecule has 3 N–H and O–H groups in total. The predicted molar refractivity (Wildman–Crippen MR) is 95.7 cm³/mol. The minimum atomic E-state index is -3.71. The van der Waals surface area contributed by atoms with E-state index in [1.165, 1.54) is 17.7 Å². The lowest BCUT2D eigenvalue weighted by Crippen LogP contribution is -2.28. The number of sulfonamides is 1. The summed E-state index contributed by atoms with van der Waals surface area (Å²) in [7, 11) is -3.71. The van der Waals surface area contributed by atoms with Gasteiger partial charge in [-0.3, -0.25) is 4.79 Å². The zero-order chi connectivity index (χ0) is 18.4. The number of rotatable bonds is 7. The Labute approximate surface area is 148 Å². The van der Waals surface area contributed by atoms with Gasteiger partial charge in [0, 0.05) is 6.54 Å². The highest BCUT2D eigenvalue weighted by molar-refractivity contribution is 7.89. The Morgan fingerprint density at radius 1 is 1.08 bits per heavy atom. The lowest BCUT2D eigenvalue weighted by molar-refractivity contribution is -0.123. The molecule has 2 aromatic rings. The number of carbonyl (C=O) groups excluding carboxylic acids is 1. The summed E-state index contributed by atoms with van der Waals surface area (Å²) in [4.78, 5) is 11.9. The Bertz CT molecular complexity index is 813. The summed E-state index contributed by atoms with van der Waals surface area (Å²) in [5.41, 5.74) is 1.97. The van der Waals surface area contributed by atoms with E-state index in [-0.39, 0.29) is 24.0 Å². The minimum Gasteiger partial charge on any atom is -0.484 e. The smallest absolute Gasteiger partial charge is 0.258 e. The van der Waals surface area contributed by atoms with Crippen molar-refractivity contribution in [3.63, 3.8) is 0 Å². The van der Waals surface area contributed by atoms with E-state index in [4.69, 9.17) is 9.88 Å². The van der Waals surface area contributed by atoms with Gasteiger partial charge in [-0.25, -0.2) is 13.6 Å². The molecule has 0 spiro atoms. The molecule has 0 aliphatic carbocycles. The molecule has 1 amide bonds. The van der Waals surface area contributed by atoms with Crippen molar-refractivity contribution < 1.29 is 17.9 Å². The van der Waals surface area contributed by atoms with Gasteiger partial charge < -0.3 is 10.1 Å². The summed E-state index contributed by atoms with van der Waals surface area (Å²) in [6.07, 6.45) is 0. The van der Waals surface area contributed by atoms with E-state index in [1.54, 1.807) is 12.1 Å². The van der Waals surface area contributed by atoms with Gasteiger partial charge in [0.05, 0.1) is 4.90 Å². The summed E-state index contributed by atoms with van der Waals surface area (Å²) >= 11 is 0. The van der Waals surface area contributed by atoms with Gasteiger partial charge in [0.15, 0.2) is 6.61 Å². The first-order valence-electron chi connectivity index (χ1n) is 7.87. The second kappa shape index (κ2) is 8.13. The van der Waals surface area contributed by atoms with Crippen molar-refractivity contribution in [2.75, 3.05) is 6.61 Å². The van der Waals surface area contributed by atoms with Crippen molar-refractivity contribution >= 4 is 15.9 Å². The zero-order valence-corrected chi connectivity index (χ0v) is 15.0. The second-order valence-electron chi connectivity index (χ2n) is 5.98. The van der Waals surface area contributed by atoms with Crippen molar-refractivity contribution in [1.29, 1.82) is 0 Å². The van der Waals surface area contributed by atoms with Crippen LogP contribution in [0.3, 0.4) is 0 Å². The van der Waals surface area contributed by atoms with Gasteiger partial charge in [-0.1, -0.05) is 38.1 Å². The number of hydrogen-bond acceptors (Lipinski definition) is 4. The summed E-state index contributed by atoms with van der Waals surface area (Å²) in [5.74, 6) is 0.818. The molecule has 0 atom stereocenters. The number of nitrogens with two attached hydrogens (primary N) is 1. The fourth-order valence-electron chi connectivity index (χ4n) is 2.15. The van der Waals surface area contributed by atoms with Crippen LogP contribution >= 0.6 is 0 Å². The summed E-state index contributed by atoms with van der Waals surface area (Å²) in [6.45, 7) is 4.41. The van der Waals surface area contributed by atoms with E-state index in [1.807, 2.05) is 24.3 Å². The van der Waals surface area contributed by atoms with E-state index in [2.05, 4.69) is 19.2 Å². The van der Waals surface area contributed by atoms with Crippen molar-refractivity contribution in [2.45, 2.75) is 31.2 Å². The van der Waals surface area contributed by atoms with Crippen molar-refractivity contribution in [1.82, 2.24) is 5.32 Å². The van der Waals surface area contributed by atoms with Crippen LogP contribution in [0.2, 0.25) is 0 Å². The molecule has 0 fully saturated rings. The lowest BCUT2D eigenvalue weighted by atomic mass is 10.0. The molecule has 2 aromatic carbocycles. The van der Waals surface area contributed by atoms with Crippen LogP contribution in [0.15, 0.2) is 53.4 Å². The monoisotopic (exact) mass is 362 g/mol. The van der Waals surface area contributed by atoms with Crippen LogP contribution in [0.4, 0.5) is 0 Å². The fraction of sp³-hybridized carbons (Fsp3) is 0.278. The van der Waals surface area contributed by atoms with Crippen LogP contribution in [0.25, 0.3) is 0 Å². The maximum Gasteiger partial charge on any atom is 0.258 e. The van der Waals surface area contributed by atoms with Crippen LogP contribution in [-0.2, 0) is 21.4 Å². The summed E-state index contributed by atoms with van der Waals surface area (Å²) in [6, 6.07) is 13.7. The quantitative estimate of drug-likeness (QED) is 0.788. The van der Waals surface area contributed by atoms with Gasteiger partial charge in [-0.2, -0.15) is 0 Å². The van der Waals surface area contributed by atoms with Crippen LogP contribution in [0.5, 0.6) is 5.75 Å². The molecule has 7 heteroatoms.